The van der Waals surface area contributed by atoms with E-state index in [1.165, 1.54) is 30.3 Å². The van der Waals surface area contributed by atoms with Crippen molar-refractivity contribution < 1.29 is 13.9 Å². The molecule has 164 valence electrons. The summed E-state index contributed by atoms with van der Waals surface area (Å²) < 4.78 is 20.7. The van der Waals surface area contributed by atoms with Gasteiger partial charge in [-0.25, -0.2) is 4.39 Å². The number of fused-ring (bicyclic) bond motifs is 1. The largest absolute Gasteiger partial charge is 0.453 e. The Bertz CT molecular complexity index is 1330. The number of nitrogens with one attached hydrogen (secondary N) is 2. The summed E-state index contributed by atoms with van der Waals surface area (Å²) >= 11 is 18.2. The number of benzene rings is 3. The maximum atomic E-state index is 15.1. The monoisotopic (exact) mass is 491 g/mol. The van der Waals surface area contributed by atoms with Gasteiger partial charge in [-0.1, -0.05) is 40.9 Å². The van der Waals surface area contributed by atoms with E-state index in [1.807, 2.05) is 6.92 Å². The number of anilines is 1. The molecule has 0 radical (unpaired) electrons. The molecule has 32 heavy (non-hydrogen) atoms. The van der Waals surface area contributed by atoms with Crippen LogP contribution in [0.1, 0.15) is 21.6 Å². The molecule has 4 aromatic rings. The topological polar surface area (TPSA) is 80.1 Å². The Hall–Kier alpha value is -2.93. The quantitative estimate of drug-likeness (QED) is 0.266. The number of ether oxygens (including phenoxy) is 1. The second kappa shape index (κ2) is 8.90. The Balaban J connectivity index is 1.55. The highest BCUT2D eigenvalue weighted by molar-refractivity contribution is 6.32. The van der Waals surface area contributed by atoms with Gasteiger partial charge < -0.3 is 20.8 Å². The molecule has 1 amide bonds. The maximum absolute atomic E-state index is 15.1. The summed E-state index contributed by atoms with van der Waals surface area (Å²) in [6.45, 7) is 1.74. The van der Waals surface area contributed by atoms with E-state index in [1.54, 1.807) is 18.2 Å². The third-order valence-electron chi connectivity index (χ3n) is 4.93. The van der Waals surface area contributed by atoms with Gasteiger partial charge in [0.05, 0.1) is 5.02 Å². The lowest BCUT2D eigenvalue weighted by Crippen LogP contribution is -2.24. The molecular weight excluding hydrogens is 476 g/mol. The Morgan fingerprint density at radius 3 is 2.62 bits per heavy atom. The van der Waals surface area contributed by atoms with Crippen LogP contribution in [0, 0.1) is 12.7 Å². The van der Waals surface area contributed by atoms with Gasteiger partial charge in [-0.05, 0) is 48.9 Å². The number of aromatic amines is 1. The second-order valence-electron chi connectivity index (χ2n) is 7.17. The Kier molecular flexibility index (Phi) is 6.20. The molecular formula is C23H17Cl3FN3O2. The molecule has 4 N–H and O–H groups in total. The number of H-pyrrole nitrogens is 1. The van der Waals surface area contributed by atoms with Crippen LogP contribution in [0.5, 0.6) is 11.5 Å². The molecule has 1 heterocycles. The minimum absolute atomic E-state index is 0.0689. The highest BCUT2D eigenvalue weighted by Gasteiger charge is 2.18. The van der Waals surface area contributed by atoms with Crippen molar-refractivity contribution >= 4 is 57.3 Å². The minimum Gasteiger partial charge on any atom is -0.453 e. The highest BCUT2D eigenvalue weighted by Crippen LogP contribution is 2.35. The number of carbonyl (C=O) groups is 1. The van der Waals surface area contributed by atoms with Gasteiger partial charge in [0.25, 0.3) is 5.91 Å². The van der Waals surface area contributed by atoms with Gasteiger partial charge in [0.2, 0.25) is 0 Å². The predicted octanol–water partition coefficient (Wildman–Crippen LogP) is 6.88. The van der Waals surface area contributed by atoms with Crippen molar-refractivity contribution in [1.82, 2.24) is 10.3 Å². The van der Waals surface area contributed by atoms with Crippen LogP contribution in [-0.2, 0) is 6.54 Å². The number of aromatic nitrogens is 1. The molecule has 0 spiro atoms. The molecule has 3 aromatic carbocycles. The molecule has 1 aromatic heterocycles. The normalized spacial score (nSPS) is 11.0. The van der Waals surface area contributed by atoms with E-state index in [2.05, 4.69) is 10.3 Å². The van der Waals surface area contributed by atoms with Gasteiger partial charge in [-0.2, -0.15) is 0 Å². The molecule has 0 unspecified atom stereocenters. The minimum atomic E-state index is -0.698. The number of halogens is 4. The van der Waals surface area contributed by atoms with E-state index in [9.17, 15) is 4.79 Å². The summed E-state index contributed by atoms with van der Waals surface area (Å²) in [5.41, 5.74) is 8.23. The van der Waals surface area contributed by atoms with Crippen molar-refractivity contribution in [3.8, 4) is 11.5 Å². The van der Waals surface area contributed by atoms with Crippen LogP contribution in [0.4, 0.5) is 10.1 Å². The van der Waals surface area contributed by atoms with E-state index < -0.39 is 5.82 Å². The molecule has 0 fully saturated rings. The third kappa shape index (κ3) is 4.48. The van der Waals surface area contributed by atoms with Crippen LogP contribution in [0.25, 0.3) is 10.9 Å². The summed E-state index contributed by atoms with van der Waals surface area (Å²) in [5.74, 6) is -1.02. The third-order valence-corrected chi connectivity index (χ3v) is 5.68. The number of carbonyl (C=O) groups excluding carboxylic acids is 1. The molecule has 0 saturated heterocycles. The lowest BCUT2D eigenvalue weighted by molar-refractivity contribution is 0.0945. The standard InChI is InChI=1S/C23H17Cl3FN3O2/c1-11-17-8-13(24)3-5-19(17)30-21(11)23(31)29-10-12-2-4-18(26)22(20(12)27)32-16-7-14(25)6-15(28)9-16/h2-9,30H,10,28H2,1H3,(H,29,31). The molecule has 0 saturated carbocycles. The number of rotatable bonds is 5. The fraction of sp³-hybridized carbons (Fsp3) is 0.0870. The molecule has 5 nitrogen and oxygen atoms in total. The van der Waals surface area contributed by atoms with Gasteiger partial charge in [0.1, 0.15) is 11.4 Å². The number of aryl methyl sites for hydroxylation is 1. The first-order valence-electron chi connectivity index (χ1n) is 9.49. The lowest BCUT2D eigenvalue weighted by Gasteiger charge is -2.13. The van der Waals surface area contributed by atoms with Crippen LogP contribution in [0.2, 0.25) is 15.1 Å². The van der Waals surface area contributed by atoms with E-state index in [0.717, 1.165) is 16.5 Å². The first kappa shape index (κ1) is 22.3. The van der Waals surface area contributed by atoms with Crippen molar-refractivity contribution in [2.45, 2.75) is 13.5 Å². The summed E-state index contributed by atoms with van der Waals surface area (Å²) in [5, 5.41) is 4.55. The Labute approximate surface area is 198 Å². The summed E-state index contributed by atoms with van der Waals surface area (Å²) in [4.78, 5) is 15.8. The van der Waals surface area contributed by atoms with Crippen molar-refractivity contribution in [2.24, 2.45) is 0 Å². The van der Waals surface area contributed by atoms with Crippen molar-refractivity contribution in [1.29, 1.82) is 0 Å². The van der Waals surface area contributed by atoms with E-state index in [-0.39, 0.29) is 34.5 Å². The highest BCUT2D eigenvalue weighted by atomic mass is 35.5. The van der Waals surface area contributed by atoms with Gasteiger partial charge in [0, 0.05) is 44.8 Å². The zero-order valence-corrected chi connectivity index (χ0v) is 19.0. The van der Waals surface area contributed by atoms with Gasteiger partial charge >= 0.3 is 0 Å². The van der Waals surface area contributed by atoms with E-state index in [0.29, 0.717) is 21.4 Å². The molecule has 9 heteroatoms. The summed E-state index contributed by atoms with van der Waals surface area (Å²) in [6, 6.07) is 12.8. The zero-order valence-electron chi connectivity index (χ0n) is 16.7. The van der Waals surface area contributed by atoms with E-state index in [4.69, 9.17) is 45.3 Å². The Morgan fingerprint density at radius 1 is 1.09 bits per heavy atom. The van der Waals surface area contributed by atoms with Gasteiger partial charge in [-0.15, -0.1) is 0 Å². The average molecular weight is 493 g/mol. The Morgan fingerprint density at radius 2 is 1.88 bits per heavy atom. The second-order valence-corrected chi connectivity index (χ2v) is 8.45. The van der Waals surface area contributed by atoms with Crippen LogP contribution in [0.15, 0.2) is 48.5 Å². The first-order valence-corrected chi connectivity index (χ1v) is 10.6. The smallest absolute Gasteiger partial charge is 0.268 e. The summed E-state index contributed by atoms with van der Waals surface area (Å²) in [6.07, 6.45) is 0. The average Bonchev–Trinajstić information content (AvgIpc) is 3.06. The van der Waals surface area contributed by atoms with Crippen LogP contribution < -0.4 is 15.8 Å². The van der Waals surface area contributed by atoms with Crippen molar-refractivity contribution in [2.75, 3.05) is 5.73 Å². The summed E-state index contributed by atoms with van der Waals surface area (Å²) in [7, 11) is 0. The fourth-order valence-electron chi connectivity index (χ4n) is 3.35. The van der Waals surface area contributed by atoms with Crippen molar-refractivity contribution in [3.05, 3.63) is 86.2 Å². The van der Waals surface area contributed by atoms with Crippen molar-refractivity contribution in [3.63, 3.8) is 0 Å². The van der Waals surface area contributed by atoms with Crippen LogP contribution in [0.3, 0.4) is 0 Å². The zero-order chi connectivity index (χ0) is 23.0. The van der Waals surface area contributed by atoms with Crippen LogP contribution >= 0.6 is 34.8 Å². The molecule has 0 aliphatic heterocycles. The number of hydrogen-bond donors (Lipinski definition) is 3. The van der Waals surface area contributed by atoms with E-state index >= 15 is 4.39 Å². The van der Waals surface area contributed by atoms with Gasteiger partial charge in [-0.3, -0.25) is 4.79 Å². The molecule has 0 aliphatic rings. The fourth-order valence-corrected chi connectivity index (χ4v) is 3.94. The van der Waals surface area contributed by atoms with Crippen LogP contribution in [-0.4, -0.2) is 10.9 Å². The first-order chi connectivity index (χ1) is 15.2. The molecule has 0 aliphatic carbocycles. The molecule has 0 atom stereocenters. The maximum Gasteiger partial charge on any atom is 0.268 e. The predicted molar refractivity (Wildman–Crippen MR) is 127 cm³/mol. The number of hydrogen-bond acceptors (Lipinski definition) is 3. The lowest BCUT2D eigenvalue weighted by atomic mass is 10.1. The molecule has 4 rings (SSSR count). The molecule has 0 bridgehead atoms. The van der Waals surface area contributed by atoms with Gasteiger partial charge in [0.15, 0.2) is 11.6 Å². The number of nitrogen functional groups attached to an aromatic ring is 1. The number of nitrogens with two attached hydrogens (primary N) is 1. The SMILES string of the molecule is Cc1c(C(=O)NCc2ccc(Cl)c(Oc3cc(N)cc(Cl)c3)c2F)[nH]c2ccc(Cl)cc12. The number of amides is 1.